The summed E-state index contributed by atoms with van der Waals surface area (Å²) in [6, 6.07) is 12.1. The van der Waals surface area contributed by atoms with Crippen LogP contribution in [0, 0.1) is 0 Å². The number of carboxylic acid groups (broad SMARTS) is 1. The number of hydrogen-bond acceptors (Lipinski definition) is 5. The maximum absolute atomic E-state index is 12.3. The lowest BCUT2D eigenvalue weighted by Gasteiger charge is -2.08. The average Bonchev–Trinajstić information content (AvgIpc) is 2.66. The van der Waals surface area contributed by atoms with Gasteiger partial charge in [0.15, 0.2) is 16.4 Å². The maximum atomic E-state index is 12.3. The molecule has 144 valence electrons. The Labute approximate surface area is 157 Å². The zero-order valence-electron chi connectivity index (χ0n) is 14.8. The predicted octanol–water partition coefficient (Wildman–Crippen LogP) is 2.98. The van der Waals surface area contributed by atoms with Gasteiger partial charge in [0.1, 0.15) is 5.75 Å². The summed E-state index contributed by atoms with van der Waals surface area (Å²) in [6.45, 7) is 1.48. The molecule has 2 aromatic rings. The molecule has 0 radical (unpaired) electrons. The molecule has 27 heavy (non-hydrogen) atoms. The van der Waals surface area contributed by atoms with E-state index in [1.54, 1.807) is 24.3 Å². The number of hydrogen-bond donors (Lipinski definition) is 2. The SMILES string of the molecule is CCCCS(=O)(=O)c1ccc(C(=O)Nc2ccc(OCC(=O)O)cc2)cc1. The maximum Gasteiger partial charge on any atom is 0.341 e. The molecule has 0 aromatic heterocycles. The van der Waals surface area contributed by atoms with Crippen molar-refractivity contribution in [3.05, 3.63) is 54.1 Å². The van der Waals surface area contributed by atoms with Crippen LogP contribution in [0.1, 0.15) is 30.1 Å². The van der Waals surface area contributed by atoms with Gasteiger partial charge in [-0.1, -0.05) is 13.3 Å². The van der Waals surface area contributed by atoms with Crippen molar-refractivity contribution in [3.8, 4) is 5.75 Å². The third-order valence-corrected chi connectivity index (χ3v) is 5.53. The van der Waals surface area contributed by atoms with Crippen molar-refractivity contribution in [2.75, 3.05) is 17.7 Å². The van der Waals surface area contributed by atoms with Crippen molar-refractivity contribution in [2.24, 2.45) is 0 Å². The summed E-state index contributed by atoms with van der Waals surface area (Å²) >= 11 is 0. The van der Waals surface area contributed by atoms with Crippen molar-refractivity contribution < 1.29 is 27.9 Å². The van der Waals surface area contributed by atoms with Crippen LogP contribution in [0.25, 0.3) is 0 Å². The molecule has 7 nitrogen and oxygen atoms in total. The second kappa shape index (κ2) is 9.18. The highest BCUT2D eigenvalue weighted by molar-refractivity contribution is 7.91. The fourth-order valence-corrected chi connectivity index (χ4v) is 3.70. The van der Waals surface area contributed by atoms with Crippen LogP contribution in [-0.4, -0.2) is 37.8 Å². The van der Waals surface area contributed by atoms with E-state index in [1.165, 1.54) is 24.3 Å². The molecule has 2 N–H and O–H groups in total. The molecule has 8 heteroatoms. The van der Waals surface area contributed by atoms with Gasteiger partial charge in [-0.25, -0.2) is 13.2 Å². The van der Waals surface area contributed by atoms with Gasteiger partial charge in [-0.2, -0.15) is 0 Å². The van der Waals surface area contributed by atoms with E-state index in [2.05, 4.69) is 5.32 Å². The van der Waals surface area contributed by atoms with E-state index in [0.29, 0.717) is 23.4 Å². The quantitative estimate of drug-likeness (QED) is 0.680. The molecule has 0 bridgehead atoms. The largest absolute Gasteiger partial charge is 0.482 e. The van der Waals surface area contributed by atoms with Gasteiger partial charge >= 0.3 is 5.97 Å². The molecule has 0 unspecified atom stereocenters. The third kappa shape index (κ3) is 6.10. The number of unbranched alkanes of at least 4 members (excludes halogenated alkanes) is 1. The minimum absolute atomic E-state index is 0.0886. The summed E-state index contributed by atoms with van der Waals surface area (Å²) in [5.74, 6) is -0.998. The Morgan fingerprint density at radius 1 is 1.04 bits per heavy atom. The Morgan fingerprint density at radius 3 is 2.22 bits per heavy atom. The van der Waals surface area contributed by atoms with Gasteiger partial charge in [-0.3, -0.25) is 4.79 Å². The second-order valence-corrected chi connectivity index (χ2v) is 7.97. The summed E-state index contributed by atoms with van der Waals surface area (Å²) in [5, 5.41) is 11.2. The first kappa shape index (κ1) is 20.4. The first-order valence-electron chi connectivity index (χ1n) is 8.40. The number of anilines is 1. The normalized spacial score (nSPS) is 11.0. The van der Waals surface area contributed by atoms with Crippen molar-refractivity contribution in [1.29, 1.82) is 0 Å². The van der Waals surface area contributed by atoms with E-state index in [0.717, 1.165) is 6.42 Å². The number of ether oxygens (including phenoxy) is 1. The van der Waals surface area contributed by atoms with Crippen LogP contribution in [0.15, 0.2) is 53.4 Å². The first-order chi connectivity index (χ1) is 12.8. The molecule has 0 fully saturated rings. The minimum atomic E-state index is -3.33. The topological polar surface area (TPSA) is 110 Å². The Morgan fingerprint density at radius 2 is 1.67 bits per heavy atom. The minimum Gasteiger partial charge on any atom is -0.482 e. The summed E-state index contributed by atoms with van der Waals surface area (Å²) in [4.78, 5) is 22.9. The highest BCUT2D eigenvalue weighted by Gasteiger charge is 2.14. The van der Waals surface area contributed by atoms with E-state index in [1.807, 2.05) is 6.92 Å². The molecule has 2 aromatic carbocycles. The van der Waals surface area contributed by atoms with Gasteiger partial charge in [0, 0.05) is 11.3 Å². The van der Waals surface area contributed by atoms with Gasteiger partial charge in [0.25, 0.3) is 5.91 Å². The Kier molecular flexibility index (Phi) is 6.95. The number of carboxylic acids is 1. The standard InChI is InChI=1S/C19H21NO6S/c1-2-3-12-27(24,25)17-10-4-14(5-11-17)19(23)20-15-6-8-16(9-7-15)26-13-18(21)22/h4-11H,2-3,12-13H2,1H3,(H,20,23)(H,21,22). The number of nitrogens with one attached hydrogen (secondary N) is 1. The van der Waals surface area contributed by atoms with Gasteiger partial charge < -0.3 is 15.2 Å². The molecular weight excluding hydrogens is 370 g/mol. The molecule has 0 aliphatic heterocycles. The van der Waals surface area contributed by atoms with Crippen LogP contribution < -0.4 is 10.1 Å². The predicted molar refractivity (Wildman–Crippen MR) is 101 cm³/mol. The number of carbonyl (C=O) groups is 2. The molecular formula is C19H21NO6S. The number of amides is 1. The van der Waals surface area contributed by atoms with E-state index >= 15 is 0 Å². The van der Waals surface area contributed by atoms with Crippen molar-refractivity contribution >= 4 is 27.4 Å². The van der Waals surface area contributed by atoms with Crippen LogP contribution in [-0.2, 0) is 14.6 Å². The molecule has 0 saturated heterocycles. The van der Waals surface area contributed by atoms with E-state index in [9.17, 15) is 18.0 Å². The highest BCUT2D eigenvalue weighted by atomic mass is 32.2. The third-order valence-electron chi connectivity index (χ3n) is 3.72. The molecule has 2 rings (SSSR count). The average molecular weight is 391 g/mol. The molecule has 1 amide bonds. The lowest BCUT2D eigenvalue weighted by Crippen LogP contribution is -2.13. The Balaban J connectivity index is 2.00. The molecule has 0 spiro atoms. The number of carbonyl (C=O) groups excluding carboxylic acids is 1. The molecule has 0 aliphatic carbocycles. The summed E-state index contributed by atoms with van der Waals surface area (Å²) in [5.41, 5.74) is 0.831. The van der Waals surface area contributed by atoms with Crippen molar-refractivity contribution in [2.45, 2.75) is 24.7 Å². The smallest absolute Gasteiger partial charge is 0.341 e. The van der Waals surface area contributed by atoms with Gasteiger partial charge in [-0.15, -0.1) is 0 Å². The molecule has 0 saturated carbocycles. The summed E-state index contributed by atoms with van der Waals surface area (Å²) in [7, 11) is -3.33. The highest BCUT2D eigenvalue weighted by Crippen LogP contribution is 2.18. The van der Waals surface area contributed by atoms with E-state index in [4.69, 9.17) is 9.84 Å². The fraction of sp³-hybridized carbons (Fsp3) is 0.263. The molecule has 0 aliphatic rings. The second-order valence-electron chi connectivity index (χ2n) is 5.86. The summed E-state index contributed by atoms with van der Waals surface area (Å²) in [6.07, 6.45) is 1.39. The monoisotopic (exact) mass is 391 g/mol. The molecule has 0 atom stereocenters. The fourth-order valence-electron chi connectivity index (χ4n) is 2.25. The van der Waals surface area contributed by atoms with Gasteiger partial charge in [0.05, 0.1) is 10.6 Å². The number of sulfone groups is 1. The van der Waals surface area contributed by atoms with Crippen LogP contribution in [0.2, 0.25) is 0 Å². The number of benzene rings is 2. The van der Waals surface area contributed by atoms with Crippen LogP contribution in [0.5, 0.6) is 5.75 Å². The van der Waals surface area contributed by atoms with Crippen molar-refractivity contribution in [1.82, 2.24) is 0 Å². The number of rotatable bonds is 9. The van der Waals surface area contributed by atoms with Crippen LogP contribution >= 0.6 is 0 Å². The van der Waals surface area contributed by atoms with Crippen molar-refractivity contribution in [3.63, 3.8) is 0 Å². The number of aliphatic carboxylic acids is 1. The Bertz CT molecular complexity index is 889. The lowest BCUT2D eigenvalue weighted by molar-refractivity contribution is -0.139. The van der Waals surface area contributed by atoms with Gasteiger partial charge in [-0.05, 0) is 55.0 Å². The summed E-state index contributed by atoms with van der Waals surface area (Å²) < 4.78 is 29.3. The van der Waals surface area contributed by atoms with E-state index in [-0.39, 0.29) is 16.6 Å². The lowest BCUT2D eigenvalue weighted by atomic mass is 10.2. The van der Waals surface area contributed by atoms with Gasteiger partial charge in [0.2, 0.25) is 0 Å². The van der Waals surface area contributed by atoms with Crippen LogP contribution in [0.3, 0.4) is 0 Å². The zero-order valence-corrected chi connectivity index (χ0v) is 15.7. The van der Waals surface area contributed by atoms with E-state index < -0.39 is 22.4 Å². The van der Waals surface area contributed by atoms with Crippen LogP contribution in [0.4, 0.5) is 5.69 Å². The zero-order chi connectivity index (χ0) is 19.9. The molecule has 0 heterocycles. The first-order valence-corrected chi connectivity index (χ1v) is 10.1. The Hall–Kier alpha value is -2.87.